The predicted molar refractivity (Wildman–Crippen MR) is 107 cm³/mol. The van der Waals surface area contributed by atoms with Crippen LogP contribution in [0.4, 0.5) is 11.4 Å². The molecule has 0 saturated carbocycles. The highest BCUT2D eigenvalue weighted by molar-refractivity contribution is 6.05. The van der Waals surface area contributed by atoms with E-state index in [4.69, 9.17) is 14.2 Å². The first-order valence-electron chi connectivity index (χ1n) is 9.39. The smallest absolute Gasteiger partial charge is 0.261 e. The molecule has 0 aliphatic carbocycles. The molecular formula is C20H25N3O5. The van der Waals surface area contributed by atoms with Crippen LogP contribution in [0, 0.1) is 0 Å². The van der Waals surface area contributed by atoms with Crippen LogP contribution in [0.25, 0.3) is 0 Å². The number of pyridine rings is 1. The highest BCUT2D eigenvalue weighted by atomic mass is 16.5. The Morgan fingerprint density at radius 2 is 1.89 bits per heavy atom. The maximum Gasteiger partial charge on any atom is 0.261 e. The molecule has 3 rings (SSSR count). The van der Waals surface area contributed by atoms with Gasteiger partial charge in [-0.15, -0.1) is 0 Å². The lowest BCUT2D eigenvalue weighted by Gasteiger charge is -2.31. The molecule has 1 aromatic heterocycles. The number of benzene rings is 1. The van der Waals surface area contributed by atoms with Gasteiger partial charge in [-0.2, -0.15) is 0 Å². The highest BCUT2D eigenvalue weighted by Crippen LogP contribution is 2.39. The molecular weight excluding hydrogens is 362 g/mol. The number of hydrogen-bond donors (Lipinski definition) is 2. The van der Waals surface area contributed by atoms with Crippen molar-refractivity contribution >= 4 is 17.3 Å². The zero-order valence-corrected chi connectivity index (χ0v) is 16.1. The summed E-state index contributed by atoms with van der Waals surface area (Å²) < 4.78 is 17.0. The predicted octanol–water partition coefficient (Wildman–Crippen LogP) is 2.26. The number of H-pyrrole nitrogens is 1. The van der Waals surface area contributed by atoms with E-state index in [-0.39, 0.29) is 5.56 Å². The fourth-order valence-corrected chi connectivity index (χ4v) is 3.03. The summed E-state index contributed by atoms with van der Waals surface area (Å²) in [7, 11) is 0. The summed E-state index contributed by atoms with van der Waals surface area (Å²) in [5.41, 5.74) is 0.924. The standard InChI is InChI=1S/C20H25N3O5/c1-3-27-17-13-16(23-8-10-26-11-9-23)18(28-4-2)12-15(17)22-20(25)14-6-5-7-21-19(14)24/h5-7,12-13H,3-4,8-11H2,1-2H3,(H,21,24)(H,22,25). The molecule has 0 atom stereocenters. The van der Waals surface area contributed by atoms with Crippen molar-refractivity contribution in [2.75, 3.05) is 49.7 Å². The molecule has 0 bridgehead atoms. The van der Waals surface area contributed by atoms with Crippen LogP contribution >= 0.6 is 0 Å². The van der Waals surface area contributed by atoms with Gasteiger partial charge in [0.1, 0.15) is 17.1 Å². The summed E-state index contributed by atoms with van der Waals surface area (Å²) in [6, 6.07) is 6.69. The summed E-state index contributed by atoms with van der Waals surface area (Å²) in [5, 5.41) is 2.77. The maximum absolute atomic E-state index is 12.6. The lowest BCUT2D eigenvalue weighted by atomic mass is 10.2. The number of hydrogen-bond acceptors (Lipinski definition) is 6. The molecule has 8 heteroatoms. The zero-order valence-electron chi connectivity index (χ0n) is 16.1. The van der Waals surface area contributed by atoms with Gasteiger partial charge in [0.05, 0.1) is 37.8 Å². The van der Waals surface area contributed by atoms with Gasteiger partial charge in [0.2, 0.25) is 0 Å². The number of rotatable bonds is 7. The normalized spacial score (nSPS) is 13.9. The third-order valence-corrected chi connectivity index (χ3v) is 4.32. The van der Waals surface area contributed by atoms with E-state index in [2.05, 4.69) is 15.2 Å². The van der Waals surface area contributed by atoms with E-state index in [1.165, 1.54) is 12.3 Å². The largest absolute Gasteiger partial charge is 0.492 e. The van der Waals surface area contributed by atoms with Crippen LogP contribution in [0.3, 0.4) is 0 Å². The molecule has 1 aromatic carbocycles. The minimum atomic E-state index is -0.510. The van der Waals surface area contributed by atoms with Gasteiger partial charge < -0.3 is 29.4 Å². The number of ether oxygens (including phenoxy) is 3. The van der Waals surface area contributed by atoms with Crippen LogP contribution in [-0.2, 0) is 4.74 Å². The first-order valence-corrected chi connectivity index (χ1v) is 9.39. The first-order chi connectivity index (χ1) is 13.6. The number of morpholine rings is 1. The van der Waals surface area contributed by atoms with Crippen LogP contribution in [-0.4, -0.2) is 50.4 Å². The number of carbonyl (C=O) groups is 1. The lowest BCUT2D eigenvalue weighted by molar-refractivity contribution is 0.102. The summed E-state index contributed by atoms with van der Waals surface area (Å²) in [6.45, 7) is 7.48. The zero-order chi connectivity index (χ0) is 19.9. The van der Waals surface area contributed by atoms with Gasteiger partial charge in [-0.1, -0.05) is 0 Å². The molecule has 1 amide bonds. The molecule has 8 nitrogen and oxygen atoms in total. The molecule has 2 N–H and O–H groups in total. The average molecular weight is 387 g/mol. The van der Waals surface area contributed by atoms with E-state index in [0.717, 1.165) is 18.8 Å². The van der Waals surface area contributed by atoms with Crippen molar-refractivity contribution in [2.45, 2.75) is 13.8 Å². The monoisotopic (exact) mass is 387 g/mol. The third-order valence-electron chi connectivity index (χ3n) is 4.32. The molecule has 0 unspecified atom stereocenters. The van der Waals surface area contributed by atoms with Gasteiger partial charge in [-0.3, -0.25) is 9.59 Å². The SMILES string of the molecule is CCOc1cc(N2CCOCC2)c(OCC)cc1NC(=O)c1ccc[nH]c1=O. The van der Waals surface area contributed by atoms with Crippen LogP contribution in [0.1, 0.15) is 24.2 Å². The summed E-state index contributed by atoms with van der Waals surface area (Å²) in [5.74, 6) is 0.655. The maximum atomic E-state index is 12.6. The van der Waals surface area contributed by atoms with Crippen molar-refractivity contribution in [3.63, 3.8) is 0 Å². The summed E-state index contributed by atoms with van der Waals surface area (Å²) in [6.07, 6.45) is 1.48. The molecule has 2 heterocycles. The average Bonchev–Trinajstić information content (AvgIpc) is 2.71. The fraction of sp³-hybridized carbons (Fsp3) is 0.400. The van der Waals surface area contributed by atoms with Crippen molar-refractivity contribution < 1.29 is 19.0 Å². The molecule has 2 aromatic rings. The van der Waals surface area contributed by atoms with Gasteiger partial charge in [0.25, 0.3) is 11.5 Å². The molecule has 150 valence electrons. The minimum absolute atomic E-state index is 0.0279. The number of aromatic amines is 1. The Morgan fingerprint density at radius 1 is 1.18 bits per heavy atom. The van der Waals surface area contributed by atoms with Gasteiger partial charge in [0, 0.05) is 31.4 Å². The number of anilines is 2. The van der Waals surface area contributed by atoms with E-state index in [1.807, 2.05) is 19.9 Å². The molecule has 0 spiro atoms. The summed E-state index contributed by atoms with van der Waals surface area (Å²) in [4.78, 5) is 29.2. The Bertz CT molecular complexity index is 874. The van der Waals surface area contributed by atoms with E-state index < -0.39 is 11.5 Å². The van der Waals surface area contributed by atoms with Crippen LogP contribution in [0.2, 0.25) is 0 Å². The van der Waals surface area contributed by atoms with E-state index in [0.29, 0.717) is 43.6 Å². The quantitative estimate of drug-likeness (QED) is 0.757. The Morgan fingerprint density at radius 3 is 2.57 bits per heavy atom. The van der Waals surface area contributed by atoms with Gasteiger partial charge in [-0.25, -0.2) is 0 Å². The fourth-order valence-electron chi connectivity index (χ4n) is 3.03. The minimum Gasteiger partial charge on any atom is -0.492 e. The Kier molecular flexibility index (Phi) is 6.54. The van der Waals surface area contributed by atoms with E-state index in [1.54, 1.807) is 12.1 Å². The Hall–Kier alpha value is -3.00. The number of aromatic nitrogens is 1. The molecule has 1 aliphatic heterocycles. The third kappa shape index (κ3) is 4.45. The van der Waals surface area contributed by atoms with Crippen LogP contribution < -0.4 is 25.2 Å². The molecule has 28 heavy (non-hydrogen) atoms. The molecule has 1 aliphatic rings. The topological polar surface area (TPSA) is 92.9 Å². The van der Waals surface area contributed by atoms with Gasteiger partial charge >= 0.3 is 0 Å². The Balaban J connectivity index is 1.97. The van der Waals surface area contributed by atoms with Gasteiger partial charge in [0.15, 0.2) is 0 Å². The highest BCUT2D eigenvalue weighted by Gasteiger charge is 2.21. The van der Waals surface area contributed by atoms with E-state index in [9.17, 15) is 9.59 Å². The van der Waals surface area contributed by atoms with Crippen LogP contribution in [0.5, 0.6) is 11.5 Å². The number of carbonyl (C=O) groups excluding carboxylic acids is 1. The second-order valence-electron chi connectivity index (χ2n) is 6.15. The lowest BCUT2D eigenvalue weighted by Crippen LogP contribution is -2.36. The molecule has 0 radical (unpaired) electrons. The number of nitrogens with one attached hydrogen (secondary N) is 2. The Labute approximate surface area is 163 Å². The van der Waals surface area contributed by atoms with Crippen molar-refractivity contribution in [2.24, 2.45) is 0 Å². The molecule has 1 saturated heterocycles. The number of amides is 1. The first kappa shape index (κ1) is 19.8. The van der Waals surface area contributed by atoms with Crippen molar-refractivity contribution in [1.82, 2.24) is 4.98 Å². The second-order valence-corrected chi connectivity index (χ2v) is 6.15. The van der Waals surface area contributed by atoms with E-state index >= 15 is 0 Å². The van der Waals surface area contributed by atoms with Crippen LogP contribution in [0.15, 0.2) is 35.3 Å². The second kappa shape index (κ2) is 9.27. The summed E-state index contributed by atoms with van der Waals surface area (Å²) >= 11 is 0. The molecule has 1 fully saturated rings. The number of nitrogens with zero attached hydrogens (tertiary/aromatic N) is 1. The van der Waals surface area contributed by atoms with Crippen molar-refractivity contribution in [3.05, 3.63) is 46.4 Å². The van der Waals surface area contributed by atoms with Crippen molar-refractivity contribution in [3.8, 4) is 11.5 Å². The van der Waals surface area contributed by atoms with Gasteiger partial charge in [-0.05, 0) is 26.0 Å². The van der Waals surface area contributed by atoms with Crippen molar-refractivity contribution in [1.29, 1.82) is 0 Å².